The Kier molecular flexibility index (Phi) is 7.20. The van der Waals surface area contributed by atoms with Crippen molar-refractivity contribution in [3.05, 3.63) is 53.9 Å². The number of halogens is 6. The molecule has 2 nitrogen and oxygen atoms in total. The van der Waals surface area contributed by atoms with Gasteiger partial charge in [-0.15, -0.1) is 6.58 Å². The summed E-state index contributed by atoms with van der Waals surface area (Å²) < 4.78 is 92.9. The molecule has 1 aliphatic rings. The number of alkyl halides is 5. The highest BCUT2D eigenvalue weighted by Crippen LogP contribution is 2.41. The van der Waals surface area contributed by atoms with E-state index in [0.717, 1.165) is 12.1 Å². The molecule has 0 aliphatic carbocycles. The molecule has 0 saturated carbocycles. The number of benzene rings is 1. The van der Waals surface area contributed by atoms with Crippen LogP contribution in [0, 0.1) is 11.7 Å². The zero-order valence-electron chi connectivity index (χ0n) is 15.4. The van der Waals surface area contributed by atoms with Crippen LogP contribution in [-0.2, 0) is 17.3 Å². The van der Waals surface area contributed by atoms with Crippen LogP contribution in [0.25, 0.3) is 0 Å². The molecule has 1 aliphatic heterocycles. The highest BCUT2D eigenvalue weighted by atomic mass is 19.4. The van der Waals surface area contributed by atoms with Gasteiger partial charge in [-0.2, -0.15) is 22.0 Å². The minimum Gasteiger partial charge on any atom is -0.429 e. The Bertz CT molecular complexity index is 703. The van der Waals surface area contributed by atoms with Crippen molar-refractivity contribution in [1.82, 2.24) is 0 Å². The molecule has 0 amide bonds. The summed E-state index contributed by atoms with van der Waals surface area (Å²) in [6.45, 7) is 4.86. The number of hydrogen-bond donors (Lipinski definition) is 0. The summed E-state index contributed by atoms with van der Waals surface area (Å²) >= 11 is 0. The fraction of sp³-hybridized carbons (Fsp3) is 0.500. The molecule has 0 bridgehead atoms. The molecule has 0 spiro atoms. The minimum absolute atomic E-state index is 0.0128. The van der Waals surface area contributed by atoms with Crippen LogP contribution < -0.4 is 4.74 Å². The smallest absolute Gasteiger partial charge is 0.419 e. The number of rotatable bonds is 7. The van der Waals surface area contributed by atoms with Crippen LogP contribution in [0.5, 0.6) is 5.75 Å². The molecule has 1 saturated heterocycles. The summed E-state index contributed by atoms with van der Waals surface area (Å²) in [6.07, 6.45) is -4.02. The van der Waals surface area contributed by atoms with E-state index in [1.165, 1.54) is 6.08 Å². The molecule has 1 aromatic carbocycles. The summed E-state index contributed by atoms with van der Waals surface area (Å²) in [5, 5.41) is 0. The van der Waals surface area contributed by atoms with Crippen molar-refractivity contribution in [2.24, 2.45) is 5.92 Å². The molecule has 2 rings (SSSR count). The summed E-state index contributed by atoms with van der Waals surface area (Å²) in [6, 6.07) is 1.80. The third kappa shape index (κ3) is 5.31. The molecule has 1 fully saturated rings. The topological polar surface area (TPSA) is 18.5 Å². The predicted molar refractivity (Wildman–Crippen MR) is 92.8 cm³/mol. The van der Waals surface area contributed by atoms with Gasteiger partial charge in [0, 0.05) is 0 Å². The van der Waals surface area contributed by atoms with Gasteiger partial charge in [0.15, 0.2) is 11.6 Å². The number of hydrogen-bond acceptors (Lipinski definition) is 2. The maximum absolute atomic E-state index is 14.5. The summed E-state index contributed by atoms with van der Waals surface area (Å²) in [4.78, 5) is 0. The van der Waals surface area contributed by atoms with Gasteiger partial charge in [-0.1, -0.05) is 24.3 Å². The third-order valence-electron chi connectivity index (χ3n) is 4.59. The second-order valence-corrected chi connectivity index (χ2v) is 6.56. The molecule has 2 atom stereocenters. The van der Waals surface area contributed by atoms with Gasteiger partial charge in [0.2, 0.25) is 0 Å². The first-order valence-corrected chi connectivity index (χ1v) is 8.90. The molecule has 28 heavy (non-hydrogen) atoms. The zero-order valence-corrected chi connectivity index (χ0v) is 15.4. The van der Waals surface area contributed by atoms with E-state index in [-0.39, 0.29) is 44.0 Å². The van der Waals surface area contributed by atoms with Crippen LogP contribution in [0.4, 0.5) is 26.3 Å². The van der Waals surface area contributed by atoms with E-state index in [4.69, 9.17) is 4.74 Å². The Labute approximate surface area is 159 Å². The molecule has 8 heteroatoms. The molecular formula is C20H22F6O2. The molecule has 1 aromatic rings. The Morgan fingerprint density at radius 3 is 2.46 bits per heavy atom. The number of ether oxygens (including phenoxy) is 2. The lowest BCUT2D eigenvalue weighted by molar-refractivity contribution is -0.240. The van der Waals surface area contributed by atoms with Crippen LogP contribution in [0.15, 0.2) is 36.9 Å². The molecule has 2 unspecified atom stereocenters. The quantitative estimate of drug-likeness (QED) is 0.389. The van der Waals surface area contributed by atoms with Crippen molar-refractivity contribution in [2.45, 2.75) is 51.0 Å². The van der Waals surface area contributed by atoms with Gasteiger partial charge in [-0.05, 0) is 44.2 Å². The van der Waals surface area contributed by atoms with Crippen LogP contribution in [0.2, 0.25) is 0 Å². The van der Waals surface area contributed by atoms with Crippen LogP contribution in [0.1, 0.15) is 37.3 Å². The lowest BCUT2D eigenvalue weighted by Crippen LogP contribution is -2.41. The highest BCUT2D eigenvalue weighted by molar-refractivity contribution is 5.40. The molecule has 1 heterocycles. The normalized spacial score (nSPS) is 21.1. The number of allylic oxidation sites excluding steroid dienone is 2. The van der Waals surface area contributed by atoms with E-state index in [1.807, 2.05) is 0 Å². The van der Waals surface area contributed by atoms with Gasteiger partial charge < -0.3 is 9.47 Å². The second-order valence-electron chi connectivity index (χ2n) is 6.56. The van der Waals surface area contributed by atoms with Crippen molar-refractivity contribution in [3.63, 3.8) is 0 Å². The summed E-state index contributed by atoms with van der Waals surface area (Å²) in [5.41, 5.74) is -1.88. The lowest BCUT2D eigenvalue weighted by Gasteiger charge is -2.32. The van der Waals surface area contributed by atoms with E-state index in [9.17, 15) is 26.3 Å². The first kappa shape index (κ1) is 22.3. The van der Waals surface area contributed by atoms with Crippen LogP contribution >= 0.6 is 0 Å². The molecule has 156 valence electrons. The predicted octanol–water partition coefficient (Wildman–Crippen LogP) is 6.31. The standard InChI is InChI=1S/C20H22F6O2/c1-3-5-6-7-13-8-11-16(18(21)17(13)19(22,23)24)28-20(25,26)14-9-10-15(4-2)27-12-14/h3-5,8,11,14-15H,2,6-7,9-10,12H2,1H3. The summed E-state index contributed by atoms with van der Waals surface area (Å²) in [7, 11) is 0. The van der Waals surface area contributed by atoms with Crippen molar-refractivity contribution < 1.29 is 35.8 Å². The number of aryl methyl sites for hydroxylation is 1. The first-order valence-electron chi connectivity index (χ1n) is 8.90. The van der Waals surface area contributed by atoms with E-state index >= 15 is 0 Å². The van der Waals surface area contributed by atoms with E-state index in [2.05, 4.69) is 11.3 Å². The van der Waals surface area contributed by atoms with Crippen molar-refractivity contribution in [1.29, 1.82) is 0 Å². The lowest BCUT2D eigenvalue weighted by atomic mass is 9.97. The average molecular weight is 408 g/mol. The average Bonchev–Trinajstić information content (AvgIpc) is 2.63. The zero-order chi connectivity index (χ0) is 20.9. The Hall–Kier alpha value is -1.96. The van der Waals surface area contributed by atoms with Crippen molar-refractivity contribution in [2.75, 3.05) is 6.61 Å². The SMILES string of the molecule is C=CC1CCC(C(F)(F)Oc2ccc(CCC=CC)c(C(F)(F)F)c2F)CO1. The third-order valence-corrected chi connectivity index (χ3v) is 4.59. The van der Waals surface area contributed by atoms with Gasteiger partial charge >= 0.3 is 12.3 Å². The van der Waals surface area contributed by atoms with Crippen molar-refractivity contribution in [3.8, 4) is 5.75 Å². The Morgan fingerprint density at radius 2 is 1.93 bits per heavy atom. The van der Waals surface area contributed by atoms with Crippen molar-refractivity contribution >= 4 is 0 Å². The van der Waals surface area contributed by atoms with Crippen LogP contribution in [-0.4, -0.2) is 18.8 Å². The monoisotopic (exact) mass is 408 g/mol. The minimum atomic E-state index is -5.03. The Balaban J connectivity index is 2.26. The van der Waals surface area contributed by atoms with E-state index < -0.39 is 35.3 Å². The summed E-state index contributed by atoms with van der Waals surface area (Å²) in [5.74, 6) is -4.35. The van der Waals surface area contributed by atoms with Gasteiger partial charge in [-0.3, -0.25) is 0 Å². The maximum atomic E-state index is 14.5. The van der Waals surface area contributed by atoms with Gasteiger partial charge in [0.25, 0.3) is 0 Å². The fourth-order valence-electron chi connectivity index (χ4n) is 3.05. The van der Waals surface area contributed by atoms with Gasteiger partial charge in [0.05, 0.1) is 24.2 Å². The highest BCUT2D eigenvalue weighted by Gasteiger charge is 2.46. The van der Waals surface area contributed by atoms with Crippen LogP contribution in [0.3, 0.4) is 0 Å². The Morgan fingerprint density at radius 1 is 1.21 bits per heavy atom. The van der Waals surface area contributed by atoms with Gasteiger partial charge in [-0.25, -0.2) is 4.39 Å². The molecular weight excluding hydrogens is 386 g/mol. The second kappa shape index (κ2) is 9.03. The fourth-order valence-corrected chi connectivity index (χ4v) is 3.05. The molecule has 0 N–H and O–H groups in total. The van der Waals surface area contributed by atoms with Gasteiger partial charge in [0.1, 0.15) is 0 Å². The largest absolute Gasteiger partial charge is 0.429 e. The first-order chi connectivity index (χ1) is 13.1. The molecule has 0 radical (unpaired) electrons. The molecule has 0 aromatic heterocycles. The van der Waals surface area contributed by atoms with E-state index in [0.29, 0.717) is 0 Å². The maximum Gasteiger partial charge on any atom is 0.419 e. The van der Waals surface area contributed by atoms with E-state index in [1.54, 1.807) is 19.1 Å².